The highest BCUT2D eigenvalue weighted by Gasteiger charge is 2.49. The molecule has 6 rings (SSSR count). The third-order valence-corrected chi connectivity index (χ3v) is 6.92. The van der Waals surface area contributed by atoms with Crippen molar-refractivity contribution in [3.63, 3.8) is 0 Å². The largest absolute Gasteiger partial charge is 0.418 e. The molecule has 1 aliphatic rings. The van der Waals surface area contributed by atoms with Crippen LogP contribution in [0.15, 0.2) is 55.2 Å². The molecule has 0 spiro atoms. The second-order valence-corrected chi connectivity index (χ2v) is 9.53. The van der Waals surface area contributed by atoms with Crippen LogP contribution in [-0.2, 0) is 16.4 Å². The summed E-state index contributed by atoms with van der Waals surface area (Å²) in [6.45, 7) is -1.29. The van der Waals surface area contributed by atoms with Crippen LogP contribution in [0.3, 0.4) is 0 Å². The van der Waals surface area contributed by atoms with Crippen molar-refractivity contribution in [1.29, 1.82) is 0 Å². The van der Waals surface area contributed by atoms with E-state index in [0.29, 0.717) is 4.68 Å². The van der Waals surface area contributed by atoms with Gasteiger partial charge in [0, 0.05) is 36.4 Å². The maximum Gasteiger partial charge on any atom is 0.418 e. The molecule has 0 aromatic carbocycles. The van der Waals surface area contributed by atoms with Crippen LogP contribution in [0.4, 0.5) is 32.0 Å². The molecule has 10 nitrogen and oxygen atoms in total. The van der Waals surface area contributed by atoms with Crippen molar-refractivity contribution in [2.75, 3.05) is 5.32 Å². The van der Waals surface area contributed by atoms with Crippen molar-refractivity contribution >= 4 is 17.2 Å². The predicted molar refractivity (Wildman–Crippen MR) is 129 cm³/mol. The number of carbonyl (C=O) groups is 1. The summed E-state index contributed by atoms with van der Waals surface area (Å²) < 4.78 is 84.1. The minimum absolute atomic E-state index is 0.0494. The van der Waals surface area contributed by atoms with Crippen molar-refractivity contribution < 1.29 is 31.1 Å². The molecule has 0 fully saturated rings. The highest BCUT2D eigenvalue weighted by molar-refractivity contribution is 5.97. The Labute approximate surface area is 226 Å². The van der Waals surface area contributed by atoms with Gasteiger partial charge in [0.2, 0.25) is 11.9 Å². The predicted octanol–water partition coefficient (Wildman–Crippen LogP) is 4.76. The van der Waals surface area contributed by atoms with E-state index in [-0.39, 0.29) is 40.5 Å². The second kappa shape index (κ2) is 9.35. The van der Waals surface area contributed by atoms with Gasteiger partial charge in [-0.25, -0.2) is 24.1 Å². The van der Waals surface area contributed by atoms with Gasteiger partial charge < -0.3 is 5.32 Å². The van der Waals surface area contributed by atoms with Crippen LogP contribution in [0, 0.1) is 5.95 Å². The molecule has 16 heteroatoms. The Bertz CT molecular complexity index is 1790. The Hall–Kier alpha value is -4.89. The molecule has 2 atom stereocenters. The van der Waals surface area contributed by atoms with E-state index in [2.05, 4.69) is 35.5 Å². The molecule has 0 aliphatic heterocycles. The number of rotatable bonds is 5. The topological polar surface area (TPSA) is 116 Å². The monoisotopic (exact) mass is 573 g/mol. The van der Waals surface area contributed by atoms with Crippen LogP contribution in [0.25, 0.3) is 17.2 Å². The third-order valence-electron chi connectivity index (χ3n) is 6.92. The fraction of sp³-hybridized carbons (Fsp3) is 0.240. The summed E-state index contributed by atoms with van der Waals surface area (Å²) in [5.74, 6) is -2.87. The number of fused-ring (bicyclic) bond motifs is 3. The quantitative estimate of drug-likeness (QED) is 0.302. The van der Waals surface area contributed by atoms with Crippen LogP contribution in [0.2, 0.25) is 0 Å². The van der Waals surface area contributed by atoms with Crippen LogP contribution < -0.4 is 5.32 Å². The molecule has 1 amide bonds. The molecule has 5 aromatic heterocycles. The molecular formula is C25H17F6N9O. The van der Waals surface area contributed by atoms with Crippen molar-refractivity contribution in [3.8, 4) is 11.5 Å². The zero-order valence-corrected chi connectivity index (χ0v) is 20.8. The summed E-state index contributed by atoms with van der Waals surface area (Å²) in [7, 11) is 0. The van der Waals surface area contributed by atoms with Gasteiger partial charge in [0.05, 0.1) is 40.2 Å². The first-order valence-electron chi connectivity index (χ1n) is 12.0. The van der Waals surface area contributed by atoms with Gasteiger partial charge >= 0.3 is 12.7 Å². The Morgan fingerprint density at radius 2 is 1.85 bits per heavy atom. The first-order chi connectivity index (χ1) is 19.5. The van der Waals surface area contributed by atoms with E-state index in [1.165, 1.54) is 35.2 Å². The van der Waals surface area contributed by atoms with Gasteiger partial charge in [-0.15, -0.1) is 5.10 Å². The molecule has 0 unspecified atom stereocenters. The van der Waals surface area contributed by atoms with Crippen LogP contribution >= 0.6 is 0 Å². The number of nitrogens with one attached hydrogen (secondary N) is 1. The zero-order chi connectivity index (χ0) is 29.1. The van der Waals surface area contributed by atoms with Crippen molar-refractivity contribution in [3.05, 3.63) is 83.7 Å². The minimum Gasteiger partial charge on any atom is -0.324 e. The summed E-state index contributed by atoms with van der Waals surface area (Å²) in [6, 6.07) is 4.58. The molecule has 0 saturated heterocycles. The van der Waals surface area contributed by atoms with E-state index in [9.17, 15) is 31.1 Å². The van der Waals surface area contributed by atoms with Crippen LogP contribution in [0.5, 0.6) is 0 Å². The molecular weight excluding hydrogens is 556 g/mol. The molecule has 41 heavy (non-hydrogen) atoms. The van der Waals surface area contributed by atoms with E-state index in [1.807, 2.05) is 0 Å². The lowest BCUT2D eigenvalue weighted by molar-refractivity contribution is -0.137. The smallest absolute Gasteiger partial charge is 0.324 e. The Morgan fingerprint density at radius 1 is 1.10 bits per heavy atom. The average Bonchev–Trinajstić information content (AvgIpc) is 3.64. The Kier molecular flexibility index (Phi) is 6.00. The zero-order valence-electron chi connectivity index (χ0n) is 20.8. The molecule has 0 bridgehead atoms. The number of carbonyl (C=O) groups excluding carboxylic acids is 1. The standard InChI is InChI=1S/C25H17F6N9O/c1-24(16-3-6-39(37-16)23(27)28)9-13(14-11-34-18-8-17(26)38-40(18)20(14)24)22(41)36-12-7-15(25(29,30)31)19(35-10-12)21-32-4-2-5-33-21/h2-8,10-11,13,23H,9H2,1H3,(H,36,41)/t13-,24-/m1/s1. The van der Waals surface area contributed by atoms with Crippen molar-refractivity contribution in [2.45, 2.75) is 37.4 Å². The molecule has 0 saturated carbocycles. The molecule has 210 valence electrons. The summed E-state index contributed by atoms with van der Waals surface area (Å²) in [4.78, 5) is 29.2. The minimum atomic E-state index is -4.84. The molecule has 1 N–H and O–H groups in total. The van der Waals surface area contributed by atoms with Gasteiger partial charge in [0.15, 0.2) is 11.5 Å². The summed E-state index contributed by atoms with van der Waals surface area (Å²) in [5, 5.41) is 10.3. The Balaban J connectivity index is 1.40. The number of hydrogen-bond acceptors (Lipinski definition) is 7. The third kappa shape index (κ3) is 4.44. The number of halogens is 6. The number of anilines is 1. The number of amides is 1. The van der Waals surface area contributed by atoms with Gasteiger partial charge in [0.1, 0.15) is 5.69 Å². The lowest BCUT2D eigenvalue weighted by Gasteiger charge is -2.23. The fourth-order valence-electron chi connectivity index (χ4n) is 5.12. The second-order valence-electron chi connectivity index (χ2n) is 9.53. The molecule has 5 heterocycles. The van der Waals surface area contributed by atoms with Gasteiger partial charge in [-0.1, -0.05) is 0 Å². The van der Waals surface area contributed by atoms with Crippen LogP contribution in [-0.4, -0.2) is 45.2 Å². The Morgan fingerprint density at radius 3 is 2.54 bits per heavy atom. The van der Waals surface area contributed by atoms with Gasteiger partial charge in [0.25, 0.3) is 0 Å². The van der Waals surface area contributed by atoms with Gasteiger partial charge in [-0.05, 0) is 31.5 Å². The van der Waals surface area contributed by atoms with Gasteiger partial charge in [-0.2, -0.15) is 31.4 Å². The highest BCUT2D eigenvalue weighted by atomic mass is 19.4. The maximum absolute atomic E-state index is 14.1. The number of aromatic nitrogens is 8. The number of hydrogen-bond donors (Lipinski definition) is 1. The van der Waals surface area contributed by atoms with E-state index >= 15 is 0 Å². The highest BCUT2D eigenvalue weighted by Crippen LogP contribution is 2.49. The molecule has 5 aromatic rings. The molecule has 1 aliphatic carbocycles. The van der Waals surface area contributed by atoms with Gasteiger partial charge in [-0.3, -0.25) is 9.78 Å². The van der Waals surface area contributed by atoms with E-state index < -0.39 is 47.2 Å². The van der Waals surface area contributed by atoms with Crippen LogP contribution in [0.1, 0.15) is 48.3 Å². The van der Waals surface area contributed by atoms with E-state index in [0.717, 1.165) is 24.5 Å². The SMILES string of the molecule is C[C@]1(c2ccn(C(F)F)n2)C[C@@H](C(=O)Nc2cnc(-c3ncccn3)c(C(F)(F)F)c2)c2cnc3cc(F)nn3c21. The molecule has 0 radical (unpaired) electrons. The number of nitrogens with zero attached hydrogens (tertiary/aromatic N) is 8. The summed E-state index contributed by atoms with van der Waals surface area (Å²) >= 11 is 0. The van der Waals surface area contributed by atoms with E-state index in [4.69, 9.17) is 0 Å². The summed E-state index contributed by atoms with van der Waals surface area (Å²) in [6.07, 6.45) is 1.10. The van der Waals surface area contributed by atoms with Crippen molar-refractivity contribution in [1.82, 2.24) is 39.3 Å². The number of alkyl halides is 5. The van der Waals surface area contributed by atoms with E-state index in [1.54, 1.807) is 6.92 Å². The fourth-order valence-corrected chi connectivity index (χ4v) is 5.12. The normalized spacial score (nSPS) is 18.7. The average molecular weight is 573 g/mol. The lowest BCUT2D eigenvalue weighted by atomic mass is 9.82. The maximum atomic E-state index is 14.1. The van der Waals surface area contributed by atoms with Crippen molar-refractivity contribution in [2.24, 2.45) is 0 Å². The lowest BCUT2D eigenvalue weighted by Crippen LogP contribution is -2.26. The summed E-state index contributed by atoms with van der Waals surface area (Å²) in [5.41, 5.74) is -2.31. The number of pyridine rings is 1. The first kappa shape index (κ1) is 26.3. The first-order valence-corrected chi connectivity index (χ1v) is 12.0.